The Labute approximate surface area is 124 Å². The second kappa shape index (κ2) is 5.17. The Morgan fingerprint density at radius 3 is 2.85 bits per heavy atom. The third-order valence-electron chi connectivity index (χ3n) is 4.41. The third-order valence-corrected chi connectivity index (χ3v) is 5.64. The van der Waals surface area contributed by atoms with E-state index in [0.29, 0.717) is 0 Å². The Morgan fingerprint density at radius 1 is 1.05 bits per heavy atom. The highest BCUT2D eigenvalue weighted by atomic mass is 32.2. The van der Waals surface area contributed by atoms with Crippen molar-refractivity contribution < 1.29 is 0 Å². The molecule has 2 aromatic carbocycles. The molecule has 1 aliphatic carbocycles. The van der Waals surface area contributed by atoms with Crippen LogP contribution in [-0.2, 0) is 6.42 Å². The van der Waals surface area contributed by atoms with E-state index in [1.54, 1.807) is 0 Å². The van der Waals surface area contributed by atoms with E-state index < -0.39 is 0 Å². The van der Waals surface area contributed by atoms with E-state index in [9.17, 15) is 0 Å². The zero-order chi connectivity index (χ0) is 13.4. The first-order chi connectivity index (χ1) is 9.90. The summed E-state index contributed by atoms with van der Waals surface area (Å²) in [5.41, 5.74) is 7.06. The maximum absolute atomic E-state index is 3.63. The van der Waals surface area contributed by atoms with Gasteiger partial charge in [0.2, 0.25) is 0 Å². The van der Waals surface area contributed by atoms with Crippen LogP contribution >= 0.6 is 11.8 Å². The molecule has 1 atom stereocenters. The minimum Gasteiger partial charge on any atom is -0.385 e. The molecule has 0 saturated carbocycles. The van der Waals surface area contributed by atoms with Crippen LogP contribution in [0.25, 0.3) is 11.1 Å². The van der Waals surface area contributed by atoms with Gasteiger partial charge in [-0.15, -0.1) is 0 Å². The Morgan fingerprint density at radius 2 is 1.95 bits per heavy atom. The molecule has 102 valence electrons. The summed E-state index contributed by atoms with van der Waals surface area (Å²) >= 11 is 2.09. The van der Waals surface area contributed by atoms with Crippen LogP contribution in [0, 0.1) is 5.92 Å². The largest absolute Gasteiger partial charge is 0.385 e. The van der Waals surface area contributed by atoms with E-state index in [1.807, 2.05) is 0 Å². The predicted molar refractivity (Wildman–Crippen MR) is 88.6 cm³/mol. The fourth-order valence-electron chi connectivity index (χ4n) is 3.26. The van der Waals surface area contributed by atoms with Crippen molar-refractivity contribution in [3.8, 4) is 11.1 Å². The van der Waals surface area contributed by atoms with Crippen molar-refractivity contribution in [1.29, 1.82) is 0 Å². The maximum atomic E-state index is 3.63. The van der Waals surface area contributed by atoms with Gasteiger partial charge in [0.25, 0.3) is 0 Å². The van der Waals surface area contributed by atoms with Crippen LogP contribution in [0.4, 0.5) is 5.69 Å². The average Bonchev–Trinajstić information content (AvgIpc) is 3.12. The van der Waals surface area contributed by atoms with Gasteiger partial charge in [0.1, 0.15) is 0 Å². The zero-order valence-electron chi connectivity index (χ0n) is 11.6. The summed E-state index contributed by atoms with van der Waals surface area (Å²) in [6.07, 6.45) is 2.45. The van der Waals surface area contributed by atoms with Crippen LogP contribution in [0.3, 0.4) is 0 Å². The SMILES string of the molecule is c1ccc2c(c1)Cc1cc(NCC3CCSC3)ccc1-2. The number of fused-ring (bicyclic) bond motifs is 3. The van der Waals surface area contributed by atoms with Gasteiger partial charge in [0.15, 0.2) is 0 Å². The molecule has 1 aliphatic heterocycles. The van der Waals surface area contributed by atoms with Gasteiger partial charge < -0.3 is 5.32 Å². The summed E-state index contributed by atoms with van der Waals surface area (Å²) in [5.74, 6) is 3.51. The van der Waals surface area contributed by atoms with Gasteiger partial charge in [-0.1, -0.05) is 30.3 Å². The zero-order valence-corrected chi connectivity index (χ0v) is 12.4. The van der Waals surface area contributed by atoms with Gasteiger partial charge in [-0.3, -0.25) is 0 Å². The minimum atomic E-state index is 0.852. The molecule has 0 radical (unpaired) electrons. The molecule has 1 unspecified atom stereocenters. The van der Waals surface area contributed by atoms with Crippen molar-refractivity contribution in [2.24, 2.45) is 5.92 Å². The first-order valence-corrected chi connectivity index (χ1v) is 8.58. The molecular weight excluding hydrogens is 262 g/mol. The first-order valence-electron chi connectivity index (χ1n) is 7.43. The number of hydrogen-bond donors (Lipinski definition) is 1. The number of nitrogens with one attached hydrogen (secondary N) is 1. The molecule has 2 heteroatoms. The lowest BCUT2D eigenvalue weighted by Crippen LogP contribution is -2.13. The lowest BCUT2D eigenvalue weighted by molar-refractivity contribution is 0.632. The van der Waals surface area contributed by atoms with Gasteiger partial charge >= 0.3 is 0 Å². The molecular formula is C18H19NS. The molecule has 1 saturated heterocycles. The average molecular weight is 281 g/mol. The van der Waals surface area contributed by atoms with Crippen LogP contribution in [-0.4, -0.2) is 18.1 Å². The van der Waals surface area contributed by atoms with Crippen LogP contribution in [0.1, 0.15) is 17.5 Å². The smallest absolute Gasteiger partial charge is 0.0343 e. The first kappa shape index (κ1) is 12.3. The molecule has 1 heterocycles. The van der Waals surface area contributed by atoms with E-state index in [-0.39, 0.29) is 0 Å². The summed E-state index contributed by atoms with van der Waals surface area (Å²) < 4.78 is 0. The highest BCUT2D eigenvalue weighted by Crippen LogP contribution is 2.37. The normalized spacial score (nSPS) is 19.7. The number of thioether (sulfide) groups is 1. The summed E-state index contributed by atoms with van der Waals surface area (Å²) in [7, 11) is 0. The van der Waals surface area contributed by atoms with Gasteiger partial charge in [0.05, 0.1) is 0 Å². The lowest BCUT2D eigenvalue weighted by atomic mass is 10.1. The molecule has 1 nitrogen and oxygen atoms in total. The summed E-state index contributed by atoms with van der Waals surface area (Å²) in [5, 5.41) is 3.63. The monoisotopic (exact) mass is 281 g/mol. The number of benzene rings is 2. The van der Waals surface area contributed by atoms with E-state index in [1.165, 1.54) is 45.9 Å². The molecule has 2 aliphatic rings. The quantitative estimate of drug-likeness (QED) is 0.762. The highest BCUT2D eigenvalue weighted by Gasteiger charge is 2.18. The highest BCUT2D eigenvalue weighted by molar-refractivity contribution is 7.99. The predicted octanol–water partition coefficient (Wildman–Crippen LogP) is 4.42. The molecule has 0 amide bonds. The van der Waals surface area contributed by atoms with Crippen molar-refractivity contribution in [3.05, 3.63) is 53.6 Å². The number of rotatable bonds is 3. The van der Waals surface area contributed by atoms with E-state index in [4.69, 9.17) is 0 Å². The van der Waals surface area contributed by atoms with Crippen molar-refractivity contribution in [2.75, 3.05) is 23.4 Å². The van der Waals surface area contributed by atoms with Gasteiger partial charge in [0, 0.05) is 12.2 Å². The Balaban J connectivity index is 1.53. The number of anilines is 1. The summed E-state index contributed by atoms with van der Waals surface area (Å²) in [6.45, 7) is 1.12. The van der Waals surface area contributed by atoms with Crippen LogP contribution in [0.2, 0.25) is 0 Å². The van der Waals surface area contributed by atoms with Crippen molar-refractivity contribution in [3.63, 3.8) is 0 Å². The molecule has 20 heavy (non-hydrogen) atoms. The molecule has 2 aromatic rings. The Bertz CT molecular complexity index is 629. The van der Waals surface area contributed by atoms with Gasteiger partial charge in [-0.25, -0.2) is 0 Å². The molecule has 1 fully saturated rings. The maximum Gasteiger partial charge on any atom is 0.0343 e. The van der Waals surface area contributed by atoms with Gasteiger partial charge in [-0.2, -0.15) is 11.8 Å². The molecule has 4 rings (SSSR count). The lowest BCUT2D eigenvalue weighted by Gasteiger charge is -2.12. The number of hydrogen-bond acceptors (Lipinski definition) is 2. The Kier molecular flexibility index (Phi) is 3.19. The minimum absolute atomic E-state index is 0.852. The topological polar surface area (TPSA) is 12.0 Å². The van der Waals surface area contributed by atoms with Gasteiger partial charge in [-0.05, 0) is 64.7 Å². The van der Waals surface area contributed by atoms with Crippen LogP contribution in [0.15, 0.2) is 42.5 Å². The van der Waals surface area contributed by atoms with E-state index in [2.05, 4.69) is 59.5 Å². The second-order valence-electron chi connectivity index (χ2n) is 5.82. The molecule has 0 spiro atoms. The van der Waals surface area contributed by atoms with Crippen LogP contribution in [0.5, 0.6) is 0 Å². The standard InChI is InChI=1S/C18H19NS/c1-2-4-17-14(3-1)9-15-10-16(5-6-18(15)17)19-11-13-7-8-20-12-13/h1-6,10,13,19H,7-9,11-12H2. The summed E-state index contributed by atoms with van der Waals surface area (Å²) in [6, 6.07) is 15.6. The summed E-state index contributed by atoms with van der Waals surface area (Å²) in [4.78, 5) is 0. The van der Waals surface area contributed by atoms with E-state index in [0.717, 1.165) is 18.9 Å². The second-order valence-corrected chi connectivity index (χ2v) is 6.97. The Hall–Kier alpha value is -1.41. The fraction of sp³-hybridized carbons (Fsp3) is 0.333. The molecule has 0 aromatic heterocycles. The van der Waals surface area contributed by atoms with E-state index >= 15 is 0 Å². The van der Waals surface area contributed by atoms with Crippen molar-refractivity contribution in [1.82, 2.24) is 0 Å². The fourth-order valence-corrected chi connectivity index (χ4v) is 4.55. The van der Waals surface area contributed by atoms with Crippen molar-refractivity contribution >= 4 is 17.4 Å². The molecule has 1 N–H and O–H groups in total. The molecule has 0 bridgehead atoms. The van der Waals surface area contributed by atoms with Crippen LogP contribution < -0.4 is 5.32 Å². The third kappa shape index (κ3) is 2.22. The van der Waals surface area contributed by atoms with Crippen molar-refractivity contribution in [2.45, 2.75) is 12.8 Å².